The summed E-state index contributed by atoms with van der Waals surface area (Å²) in [7, 11) is 0. The summed E-state index contributed by atoms with van der Waals surface area (Å²) >= 11 is 18.0. The molecule has 18 heavy (non-hydrogen) atoms. The summed E-state index contributed by atoms with van der Waals surface area (Å²) in [5.41, 5.74) is 0.540. The van der Waals surface area contributed by atoms with Gasteiger partial charge >= 0.3 is 0 Å². The molecular weight excluding hydrogens is 294 g/mol. The number of furan rings is 1. The van der Waals surface area contributed by atoms with Gasteiger partial charge in [-0.05, 0) is 24.3 Å². The average molecular weight is 304 g/mol. The summed E-state index contributed by atoms with van der Waals surface area (Å²) in [4.78, 5) is 11.5. The second kappa shape index (κ2) is 5.35. The van der Waals surface area contributed by atoms with Crippen molar-refractivity contribution < 1.29 is 9.21 Å². The Morgan fingerprint density at radius 2 is 1.78 bits per heavy atom. The molecule has 0 amide bonds. The van der Waals surface area contributed by atoms with Crippen LogP contribution < -0.4 is 0 Å². The fraction of sp³-hybridized carbons (Fsp3) is 0.154. The van der Waals surface area contributed by atoms with E-state index in [9.17, 15) is 4.79 Å². The number of benzene rings is 1. The number of ketones is 1. The molecular formula is C13H9Cl3O2. The molecule has 94 valence electrons. The fourth-order valence-corrected chi connectivity index (χ4v) is 2.58. The number of halogens is 3. The second-order valence-corrected chi connectivity index (χ2v) is 4.94. The van der Waals surface area contributed by atoms with Gasteiger partial charge in [0.25, 0.3) is 0 Å². The molecule has 0 aliphatic carbocycles. The van der Waals surface area contributed by atoms with Gasteiger partial charge in [0.1, 0.15) is 5.76 Å². The lowest BCUT2D eigenvalue weighted by Gasteiger charge is -2.04. The SMILES string of the molecule is CCC(=O)c1ccc(-c2c(Cl)cc(Cl)cc2Cl)o1. The Labute approximate surface area is 119 Å². The van der Waals surface area contributed by atoms with E-state index in [1.165, 1.54) is 0 Å². The Bertz CT molecular complexity index is 579. The highest BCUT2D eigenvalue weighted by atomic mass is 35.5. The Morgan fingerprint density at radius 1 is 1.17 bits per heavy atom. The molecule has 0 saturated carbocycles. The quantitative estimate of drug-likeness (QED) is 0.701. The van der Waals surface area contributed by atoms with Crippen molar-refractivity contribution in [1.29, 1.82) is 0 Å². The van der Waals surface area contributed by atoms with E-state index in [4.69, 9.17) is 39.2 Å². The van der Waals surface area contributed by atoms with Gasteiger partial charge in [-0.2, -0.15) is 0 Å². The molecule has 2 rings (SSSR count). The highest BCUT2D eigenvalue weighted by Gasteiger charge is 2.16. The highest BCUT2D eigenvalue weighted by molar-refractivity contribution is 6.41. The largest absolute Gasteiger partial charge is 0.453 e. The molecule has 5 heteroatoms. The number of carbonyl (C=O) groups is 1. The van der Waals surface area contributed by atoms with Crippen molar-refractivity contribution in [2.45, 2.75) is 13.3 Å². The zero-order valence-corrected chi connectivity index (χ0v) is 11.7. The molecule has 0 atom stereocenters. The molecule has 1 heterocycles. The monoisotopic (exact) mass is 302 g/mol. The molecule has 0 aliphatic rings. The maximum absolute atomic E-state index is 11.5. The normalized spacial score (nSPS) is 10.7. The Kier molecular flexibility index (Phi) is 4.00. The van der Waals surface area contributed by atoms with Crippen molar-refractivity contribution in [2.75, 3.05) is 0 Å². The molecule has 1 aromatic carbocycles. The second-order valence-electron chi connectivity index (χ2n) is 3.69. The van der Waals surface area contributed by atoms with E-state index >= 15 is 0 Å². The van der Waals surface area contributed by atoms with E-state index < -0.39 is 0 Å². The van der Waals surface area contributed by atoms with E-state index in [0.29, 0.717) is 38.6 Å². The molecule has 0 radical (unpaired) electrons. The van der Waals surface area contributed by atoms with E-state index in [1.54, 1.807) is 31.2 Å². The topological polar surface area (TPSA) is 30.2 Å². The van der Waals surface area contributed by atoms with Crippen LogP contribution in [0.3, 0.4) is 0 Å². The summed E-state index contributed by atoms with van der Waals surface area (Å²) in [6.07, 6.45) is 0.384. The third-order valence-electron chi connectivity index (χ3n) is 2.46. The molecule has 2 nitrogen and oxygen atoms in total. The zero-order valence-electron chi connectivity index (χ0n) is 9.47. The van der Waals surface area contributed by atoms with Crippen LogP contribution in [0, 0.1) is 0 Å². The number of rotatable bonds is 3. The van der Waals surface area contributed by atoms with Crippen LogP contribution in [0.25, 0.3) is 11.3 Å². The number of Topliss-reactive ketones (excluding diaryl/α,β-unsaturated/α-hetero) is 1. The first-order chi connectivity index (χ1) is 8.52. The smallest absolute Gasteiger partial charge is 0.197 e. The van der Waals surface area contributed by atoms with Crippen LogP contribution in [0.4, 0.5) is 0 Å². The fourth-order valence-electron chi connectivity index (χ4n) is 1.57. The van der Waals surface area contributed by atoms with Gasteiger partial charge in [0.15, 0.2) is 11.5 Å². The summed E-state index contributed by atoms with van der Waals surface area (Å²) in [6.45, 7) is 1.77. The maximum atomic E-state index is 11.5. The molecule has 1 aromatic heterocycles. The van der Waals surface area contributed by atoms with Gasteiger partial charge in [-0.25, -0.2) is 0 Å². The number of hydrogen-bond acceptors (Lipinski definition) is 2. The van der Waals surface area contributed by atoms with Crippen LogP contribution >= 0.6 is 34.8 Å². The van der Waals surface area contributed by atoms with Gasteiger partial charge < -0.3 is 4.42 Å². The third kappa shape index (κ3) is 2.56. The molecule has 0 bridgehead atoms. The predicted octanol–water partition coefficient (Wildman–Crippen LogP) is 5.50. The predicted molar refractivity (Wildman–Crippen MR) is 73.8 cm³/mol. The van der Waals surface area contributed by atoms with Crippen molar-refractivity contribution in [1.82, 2.24) is 0 Å². The minimum Gasteiger partial charge on any atom is -0.453 e. The van der Waals surface area contributed by atoms with Crippen LogP contribution in [0.15, 0.2) is 28.7 Å². The zero-order chi connectivity index (χ0) is 13.3. The van der Waals surface area contributed by atoms with Crippen molar-refractivity contribution in [3.05, 3.63) is 45.1 Å². The first-order valence-electron chi connectivity index (χ1n) is 5.31. The Balaban J connectivity index is 2.49. The molecule has 0 aliphatic heterocycles. The van der Waals surface area contributed by atoms with E-state index in [0.717, 1.165) is 0 Å². The van der Waals surface area contributed by atoms with Crippen LogP contribution in [-0.2, 0) is 0 Å². The van der Waals surface area contributed by atoms with Crippen LogP contribution in [0.5, 0.6) is 0 Å². The molecule has 0 saturated heterocycles. The number of carbonyl (C=O) groups excluding carboxylic acids is 1. The minimum absolute atomic E-state index is 0.0672. The van der Waals surface area contributed by atoms with Crippen LogP contribution in [0.2, 0.25) is 15.1 Å². The van der Waals surface area contributed by atoms with Gasteiger partial charge in [0.2, 0.25) is 0 Å². The standard InChI is InChI=1S/C13H9Cl3O2/c1-2-10(17)11-3-4-12(18-11)13-8(15)5-7(14)6-9(13)16/h3-6H,2H2,1H3. The average Bonchev–Trinajstić information content (AvgIpc) is 2.76. The van der Waals surface area contributed by atoms with Gasteiger partial charge in [-0.15, -0.1) is 0 Å². The summed E-state index contributed by atoms with van der Waals surface area (Å²) in [5.74, 6) is 0.690. The third-order valence-corrected chi connectivity index (χ3v) is 3.27. The Hall–Kier alpha value is -0.960. The summed E-state index contributed by atoms with van der Waals surface area (Å²) in [6, 6.07) is 6.44. The van der Waals surface area contributed by atoms with E-state index in [1.807, 2.05) is 0 Å². The van der Waals surface area contributed by atoms with Gasteiger partial charge in [-0.3, -0.25) is 4.79 Å². The van der Waals surface area contributed by atoms with Gasteiger partial charge in [-0.1, -0.05) is 41.7 Å². The van der Waals surface area contributed by atoms with E-state index in [2.05, 4.69) is 0 Å². The van der Waals surface area contributed by atoms with E-state index in [-0.39, 0.29) is 5.78 Å². The first-order valence-corrected chi connectivity index (χ1v) is 6.44. The lowest BCUT2D eigenvalue weighted by Crippen LogP contribution is -1.92. The van der Waals surface area contributed by atoms with Crippen molar-refractivity contribution in [3.63, 3.8) is 0 Å². The molecule has 2 aromatic rings. The molecule has 0 unspecified atom stereocenters. The highest BCUT2D eigenvalue weighted by Crippen LogP contribution is 2.38. The van der Waals surface area contributed by atoms with Gasteiger partial charge in [0, 0.05) is 11.4 Å². The molecule has 0 spiro atoms. The van der Waals surface area contributed by atoms with Crippen molar-refractivity contribution >= 4 is 40.6 Å². The van der Waals surface area contributed by atoms with Gasteiger partial charge in [0.05, 0.1) is 15.6 Å². The van der Waals surface area contributed by atoms with Crippen LogP contribution in [0.1, 0.15) is 23.9 Å². The molecule has 0 N–H and O–H groups in total. The lowest BCUT2D eigenvalue weighted by molar-refractivity contribution is 0.0962. The van der Waals surface area contributed by atoms with Crippen LogP contribution in [-0.4, -0.2) is 5.78 Å². The molecule has 0 fully saturated rings. The minimum atomic E-state index is -0.0672. The number of hydrogen-bond donors (Lipinski definition) is 0. The summed E-state index contributed by atoms with van der Waals surface area (Å²) < 4.78 is 5.46. The summed E-state index contributed by atoms with van der Waals surface area (Å²) in [5, 5.41) is 1.22. The van der Waals surface area contributed by atoms with Crippen molar-refractivity contribution in [2.24, 2.45) is 0 Å². The van der Waals surface area contributed by atoms with Crippen molar-refractivity contribution in [3.8, 4) is 11.3 Å². The first kappa shape index (κ1) is 13.5. The lowest BCUT2D eigenvalue weighted by atomic mass is 10.2. The maximum Gasteiger partial charge on any atom is 0.197 e. The Morgan fingerprint density at radius 3 is 2.33 bits per heavy atom.